The fourth-order valence-corrected chi connectivity index (χ4v) is 2.48. The van der Waals surface area contributed by atoms with Gasteiger partial charge in [0.05, 0.1) is 5.25 Å². The Balaban J connectivity index is 2.38. The van der Waals surface area contributed by atoms with Gasteiger partial charge in [-0.25, -0.2) is 13.1 Å². The molecule has 1 rings (SSSR count). The monoisotopic (exact) mass is 271 g/mol. The van der Waals surface area contributed by atoms with Crippen LogP contribution in [0.5, 0.6) is 0 Å². The lowest BCUT2D eigenvalue weighted by atomic mass is 10.3. The molecule has 0 saturated carbocycles. The maximum Gasteiger partial charge on any atom is 0.215 e. The highest BCUT2D eigenvalue weighted by Crippen LogP contribution is 1.98. The second kappa shape index (κ2) is 7.45. The zero-order valence-corrected chi connectivity index (χ0v) is 11.7. The number of nitrogens with zero attached hydrogens (tertiary/aromatic N) is 1. The van der Waals surface area contributed by atoms with Gasteiger partial charge in [-0.05, 0) is 25.6 Å². The Labute approximate surface area is 109 Å². The Morgan fingerprint density at radius 2 is 2.17 bits per heavy atom. The number of nitrogens with one attached hydrogen (secondary N) is 2. The lowest BCUT2D eigenvalue weighted by molar-refractivity contribution is 0.560. The molecule has 1 aromatic rings. The number of sulfonamides is 1. The fraction of sp³-hybridized carbons (Fsp3) is 0.583. The average molecular weight is 271 g/mol. The maximum atomic E-state index is 11.9. The van der Waals surface area contributed by atoms with E-state index in [9.17, 15) is 8.42 Å². The predicted molar refractivity (Wildman–Crippen MR) is 72.9 cm³/mol. The van der Waals surface area contributed by atoms with Crippen molar-refractivity contribution in [1.29, 1.82) is 0 Å². The van der Waals surface area contributed by atoms with Crippen LogP contribution < -0.4 is 10.0 Å². The molecule has 0 aliphatic rings. The Morgan fingerprint density at radius 3 is 2.78 bits per heavy atom. The molecular formula is C12H21N3O2S. The molecule has 1 unspecified atom stereocenters. The lowest BCUT2D eigenvalue weighted by Crippen LogP contribution is -2.39. The van der Waals surface area contributed by atoms with Gasteiger partial charge in [-0.3, -0.25) is 4.98 Å². The van der Waals surface area contributed by atoms with Crippen LogP contribution in [0.1, 0.15) is 19.5 Å². The highest BCUT2D eigenvalue weighted by molar-refractivity contribution is 7.90. The highest BCUT2D eigenvalue weighted by Gasteiger charge is 2.19. The van der Waals surface area contributed by atoms with E-state index in [1.807, 2.05) is 25.1 Å². The van der Waals surface area contributed by atoms with Crippen LogP contribution in [0.2, 0.25) is 0 Å². The van der Waals surface area contributed by atoms with Gasteiger partial charge < -0.3 is 5.32 Å². The van der Waals surface area contributed by atoms with Gasteiger partial charge in [-0.2, -0.15) is 0 Å². The largest absolute Gasteiger partial charge is 0.316 e. The zero-order valence-electron chi connectivity index (χ0n) is 10.9. The van der Waals surface area contributed by atoms with Crippen molar-refractivity contribution < 1.29 is 8.42 Å². The summed E-state index contributed by atoms with van der Waals surface area (Å²) in [6.45, 7) is 5.28. The number of aromatic nitrogens is 1. The minimum absolute atomic E-state index is 0.385. The highest BCUT2D eigenvalue weighted by atomic mass is 32.2. The molecule has 18 heavy (non-hydrogen) atoms. The van der Waals surface area contributed by atoms with Crippen LogP contribution in [0.15, 0.2) is 24.4 Å². The molecule has 0 radical (unpaired) electrons. The van der Waals surface area contributed by atoms with E-state index in [1.54, 1.807) is 13.1 Å². The molecule has 102 valence electrons. The van der Waals surface area contributed by atoms with Crippen molar-refractivity contribution in [3.05, 3.63) is 30.1 Å². The fourth-order valence-electron chi connectivity index (χ4n) is 1.47. The number of hydrogen-bond donors (Lipinski definition) is 2. The summed E-state index contributed by atoms with van der Waals surface area (Å²) in [5.41, 5.74) is 0.888. The Bertz CT molecular complexity index is 434. The van der Waals surface area contributed by atoms with Crippen molar-refractivity contribution >= 4 is 10.0 Å². The lowest BCUT2D eigenvalue weighted by Gasteiger charge is -2.13. The SMILES string of the molecule is CCNCC(C)S(=O)(=O)NCCc1ccccn1. The first-order valence-corrected chi connectivity index (χ1v) is 7.70. The van der Waals surface area contributed by atoms with Gasteiger partial charge in [0, 0.05) is 31.4 Å². The van der Waals surface area contributed by atoms with Crippen molar-refractivity contribution in [2.75, 3.05) is 19.6 Å². The molecule has 1 atom stereocenters. The van der Waals surface area contributed by atoms with Crippen molar-refractivity contribution in [1.82, 2.24) is 15.0 Å². The summed E-state index contributed by atoms with van der Waals surface area (Å²) in [7, 11) is -3.24. The third-order valence-corrected chi connectivity index (χ3v) is 4.45. The Kier molecular flexibility index (Phi) is 6.24. The van der Waals surface area contributed by atoms with E-state index in [1.165, 1.54) is 0 Å². The van der Waals surface area contributed by atoms with Crippen LogP contribution in [0.3, 0.4) is 0 Å². The van der Waals surface area contributed by atoms with Crippen molar-refractivity contribution in [2.24, 2.45) is 0 Å². The molecule has 0 bridgehead atoms. The number of hydrogen-bond acceptors (Lipinski definition) is 4. The van der Waals surface area contributed by atoms with Crippen molar-refractivity contribution in [2.45, 2.75) is 25.5 Å². The minimum Gasteiger partial charge on any atom is -0.316 e. The first-order valence-electron chi connectivity index (χ1n) is 6.15. The van der Waals surface area contributed by atoms with Gasteiger partial charge >= 0.3 is 0 Å². The summed E-state index contributed by atoms with van der Waals surface area (Å²) in [5, 5.41) is 2.60. The summed E-state index contributed by atoms with van der Waals surface area (Å²) in [6, 6.07) is 5.62. The van der Waals surface area contributed by atoms with Gasteiger partial charge in [0.25, 0.3) is 0 Å². The summed E-state index contributed by atoms with van der Waals surface area (Å²) in [4.78, 5) is 4.15. The van der Waals surface area contributed by atoms with Crippen LogP contribution >= 0.6 is 0 Å². The Hall–Kier alpha value is -0.980. The summed E-state index contributed by atoms with van der Waals surface area (Å²) >= 11 is 0. The molecule has 0 aromatic carbocycles. The van der Waals surface area contributed by atoms with E-state index in [2.05, 4.69) is 15.0 Å². The van der Waals surface area contributed by atoms with E-state index < -0.39 is 15.3 Å². The van der Waals surface area contributed by atoms with Crippen LogP contribution in [0, 0.1) is 0 Å². The molecule has 2 N–H and O–H groups in total. The predicted octanol–water partition coefficient (Wildman–Crippen LogP) is 0.542. The van der Waals surface area contributed by atoms with Gasteiger partial charge in [0.15, 0.2) is 0 Å². The van der Waals surface area contributed by atoms with Crippen molar-refractivity contribution in [3.8, 4) is 0 Å². The Morgan fingerprint density at radius 1 is 1.39 bits per heavy atom. The molecule has 6 heteroatoms. The van der Waals surface area contributed by atoms with E-state index in [0.29, 0.717) is 19.5 Å². The van der Waals surface area contributed by atoms with Crippen LogP contribution in [0.4, 0.5) is 0 Å². The molecule has 0 aliphatic carbocycles. The van der Waals surface area contributed by atoms with Crippen LogP contribution in [-0.4, -0.2) is 38.3 Å². The third-order valence-electron chi connectivity index (χ3n) is 2.62. The summed E-state index contributed by atoms with van der Waals surface area (Å²) < 4.78 is 26.3. The van der Waals surface area contributed by atoms with E-state index >= 15 is 0 Å². The first kappa shape index (κ1) is 15.1. The molecule has 0 amide bonds. The van der Waals surface area contributed by atoms with Gasteiger partial charge in [-0.1, -0.05) is 13.0 Å². The van der Waals surface area contributed by atoms with Gasteiger partial charge in [-0.15, -0.1) is 0 Å². The first-order chi connectivity index (χ1) is 8.56. The molecule has 5 nitrogen and oxygen atoms in total. The smallest absolute Gasteiger partial charge is 0.215 e. The van der Waals surface area contributed by atoms with E-state index in [-0.39, 0.29) is 0 Å². The van der Waals surface area contributed by atoms with Crippen molar-refractivity contribution in [3.63, 3.8) is 0 Å². The van der Waals surface area contributed by atoms with Crippen LogP contribution in [0.25, 0.3) is 0 Å². The second-order valence-corrected chi connectivity index (χ2v) is 6.31. The molecular weight excluding hydrogens is 250 g/mol. The third kappa shape index (κ3) is 5.12. The molecule has 1 heterocycles. The zero-order chi connectivity index (χ0) is 13.4. The van der Waals surface area contributed by atoms with Gasteiger partial charge in [0.2, 0.25) is 10.0 Å². The summed E-state index contributed by atoms with van der Waals surface area (Å²) in [6.07, 6.45) is 2.31. The van der Waals surface area contributed by atoms with Crippen LogP contribution in [-0.2, 0) is 16.4 Å². The standard InChI is InChI=1S/C12H21N3O2S/c1-3-13-10-11(2)18(16,17)15-9-7-12-6-4-5-8-14-12/h4-6,8,11,13,15H,3,7,9-10H2,1-2H3. The number of pyridine rings is 1. The van der Waals surface area contributed by atoms with E-state index in [4.69, 9.17) is 0 Å². The maximum absolute atomic E-state index is 11.9. The minimum atomic E-state index is -3.24. The topological polar surface area (TPSA) is 71.1 Å². The van der Waals surface area contributed by atoms with E-state index in [0.717, 1.165) is 12.2 Å². The normalized spacial score (nSPS) is 13.4. The average Bonchev–Trinajstić information content (AvgIpc) is 2.37. The summed E-state index contributed by atoms with van der Waals surface area (Å²) in [5.74, 6) is 0. The number of rotatable bonds is 8. The second-order valence-electron chi connectivity index (χ2n) is 4.13. The molecule has 0 spiro atoms. The van der Waals surface area contributed by atoms with Gasteiger partial charge in [0.1, 0.15) is 0 Å². The molecule has 0 saturated heterocycles. The molecule has 0 fully saturated rings. The molecule has 1 aromatic heterocycles. The quantitative estimate of drug-likeness (QED) is 0.724. The molecule has 0 aliphatic heterocycles.